The van der Waals surface area contributed by atoms with Gasteiger partial charge in [-0.3, -0.25) is 4.79 Å². The average Bonchev–Trinajstić information content (AvgIpc) is 2.77. The van der Waals surface area contributed by atoms with Crippen molar-refractivity contribution in [3.8, 4) is 17.2 Å². The van der Waals surface area contributed by atoms with Gasteiger partial charge in [0.25, 0.3) is 0 Å². The van der Waals surface area contributed by atoms with E-state index in [-0.39, 0.29) is 26.9 Å². The molecule has 0 unspecified atom stereocenters. The summed E-state index contributed by atoms with van der Waals surface area (Å²) in [6, 6.07) is 15.8. The lowest BCUT2D eigenvalue weighted by Crippen LogP contribution is -2.07. The molecule has 0 aliphatic heterocycles. The largest absolute Gasteiger partial charge is 0.494 e. The maximum Gasteiger partial charge on any atom is 0.307 e. The first-order valence-electron chi connectivity index (χ1n) is 10.3. The zero-order chi connectivity index (χ0) is 24.9. The fourth-order valence-electron chi connectivity index (χ4n) is 3.08. The molecule has 3 rings (SSSR count). The standard InChI is InChI=1S/C24H24O8S2/c1-3-12-31-20-13-17(15-24(25)26)14-23(16-20)34(29,30)22-10-6-19(7-11-22)32-18-4-8-21(9-5-18)33(2,27)28/h4-11,13-14,16H,3,12,15H2,1-2H3,(H,25,26). The highest BCUT2D eigenvalue weighted by Gasteiger charge is 2.20. The number of aliphatic carboxylic acids is 1. The molecule has 0 spiro atoms. The maximum atomic E-state index is 13.2. The number of ether oxygens (including phenoxy) is 2. The number of carbonyl (C=O) groups is 1. The van der Waals surface area contributed by atoms with Gasteiger partial charge in [0, 0.05) is 6.26 Å². The first kappa shape index (κ1) is 25.3. The van der Waals surface area contributed by atoms with Crippen LogP contribution in [0.3, 0.4) is 0 Å². The summed E-state index contributed by atoms with van der Waals surface area (Å²) >= 11 is 0. The molecule has 0 aliphatic rings. The zero-order valence-corrected chi connectivity index (χ0v) is 20.2. The molecule has 10 heteroatoms. The molecule has 0 aliphatic carbocycles. The van der Waals surface area contributed by atoms with Gasteiger partial charge in [-0.1, -0.05) is 6.92 Å². The number of carboxylic acid groups (broad SMARTS) is 1. The number of hydrogen-bond acceptors (Lipinski definition) is 7. The van der Waals surface area contributed by atoms with Crippen LogP contribution in [0.15, 0.2) is 81.4 Å². The summed E-state index contributed by atoms with van der Waals surface area (Å²) in [7, 11) is -7.27. The Morgan fingerprint density at radius 2 is 1.35 bits per heavy atom. The molecule has 180 valence electrons. The minimum atomic E-state index is -3.95. The molecule has 0 saturated carbocycles. The molecule has 3 aromatic rings. The second-order valence-corrected chi connectivity index (χ2v) is 11.5. The lowest BCUT2D eigenvalue weighted by Gasteiger charge is -2.12. The Balaban J connectivity index is 1.86. The SMILES string of the molecule is CCCOc1cc(CC(=O)O)cc(S(=O)(=O)c2ccc(Oc3ccc(S(C)(=O)=O)cc3)cc2)c1. The number of benzene rings is 3. The van der Waals surface area contributed by atoms with Gasteiger partial charge in [-0.15, -0.1) is 0 Å². The van der Waals surface area contributed by atoms with E-state index in [0.717, 1.165) is 6.26 Å². The van der Waals surface area contributed by atoms with Crippen LogP contribution in [0.25, 0.3) is 0 Å². The predicted molar refractivity (Wildman–Crippen MR) is 125 cm³/mol. The van der Waals surface area contributed by atoms with Crippen molar-refractivity contribution in [1.82, 2.24) is 0 Å². The highest BCUT2D eigenvalue weighted by molar-refractivity contribution is 7.91. The van der Waals surface area contributed by atoms with Crippen molar-refractivity contribution >= 4 is 25.6 Å². The molecule has 0 saturated heterocycles. The summed E-state index contributed by atoms with van der Waals surface area (Å²) in [6.45, 7) is 2.27. The highest BCUT2D eigenvalue weighted by Crippen LogP contribution is 2.29. The minimum absolute atomic E-state index is 0.00110. The number of hydrogen-bond donors (Lipinski definition) is 1. The molecule has 0 radical (unpaired) electrons. The Morgan fingerprint density at radius 3 is 1.85 bits per heavy atom. The van der Waals surface area contributed by atoms with E-state index in [9.17, 15) is 21.6 Å². The number of sulfone groups is 2. The van der Waals surface area contributed by atoms with E-state index in [1.807, 2.05) is 6.92 Å². The van der Waals surface area contributed by atoms with Gasteiger partial charge >= 0.3 is 5.97 Å². The zero-order valence-electron chi connectivity index (χ0n) is 18.6. The predicted octanol–water partition coefficient (Wildman–Crippen LogP) is 4.13. The van der Waals surface area contributed by atoms with Crippen molar-refractivity contribution in [1.29, 1.82) is 0 Å². The van der Waals surface area contributed by atoms with Crippen LogP contribution in [-0.2, 0) is 30.9 Å². The summed E-state index contributed by atoms with van der Waals surface area (Å²) in [6.07, 6.45) is 1.48. The van der Waals surface area contributed by atoms with Crippen LogP contribution in [0, 0.1) is 0 Å². The van der Waals surface area contributed by atoms with Gasteiger partial charge in [-0.2, -0.15) is 0 Å². The van der Waals surface area contributed by atoms with Gasteiger partial charge in [-0.05, 0) is 78.7 Å². The van der Waals surface area contributed by atoms with Gasteiger partial charge in [0.05, 0.1) is 27.7 Å². The van der Waals surface area contributed by atoms with Crippen molar-refractivity contribution in [2.75, 3.05) is 12.9 Å². The van der Waals surface area contributed by atoms with E-state index in [4.69, 9.17) is 14.6 Å². The molecule has 8 nitrogen and oxygen atoms in total. The quantitative estimate of drug-likeness (QED) is 0.437. The van der Waals surface area contributed by atoms with E-state index >= 15 is 0 Å². The smallest absolute Gasteiger partial charge is 0.307 e. The van der Waals surface area contributed by atoms with E-state index in [1.165, 1.54) is 66.7 Å². The van der Waals surface area contributed by atoms with Crippen molar-refractivity contribution in [2.45, 2.75) is 34.5 Å². The van der Waals surface area contributed by atoms with Gasteiger partial charge in [0.2, 0.25) is 9.84 Å². The Morgan fingerprint density at radius 1 is 0.794 bits per heavy atom. The van der Waals surface area contributed by atoms with Crippen LogP contribution >= 0.6 is 0 Å². The topological polar surface area (TPSA) is 124 Å². The summed E-state index contributed by atoms with van der Waals surface area (Å²) in [5.74, 6) is -0.0431. The summed E-state index contributed by atoms with van der Waals surface area (Å²) in [5.41, 5.74) is 0.317. The molecule has 0 fully saturated rings. The highest BCUT2D eigenvalue weighted by atomic mass is 32.2. The van der Waals surface area contributed by atoms with Crippen LogP contribution in [0.1, 0.15) is 18.9 Å². The molecule has 0 atom stereocenters. The molecule has 3 aromatic carbocycles. The third-order valence-electron chi connectivity index (χ3n) is 4.70. The minimum Gasteiger partial charge on any atom is -0.494 e. The van der Waals surface area contributed by atoms with Gasteiger partial charge < -0.3 is 14.6 Å². The normalized spacial score (nSPS) is 11.7. The van der Waals surface area contributed by atoms with Crippen LogP contribution < -0.4 is 9.47 Å². The molecule has 34 heavy (non-hydrogen) atoms. The number of rotatable bonds is 10. The Bertz CT molecular complexity index is 1380. The Kier molecular flexibility index (Phi) is 7.63. The van der Waals surface area contributed by atoms with E-state index in [2.05, 4.69) is 0 Å². The van der Waals surface area contributed by atoms with Crippen LogP contribution in [0.4, 0.5) is 0 Å². The average molecular weight is 505 g/mol. The van der Waals surface area contributed by atoms with Crippen LogP contribution in [0.5, 0.6) is 17.2 Å². The van der Waals surface area contributed by atoms with E-state index in [1.54, 1.807) is 0 Å². The van der Waals surface area contributed by atoms with Gasteiger partial charge in [-0.25, -0.2) is 16.8 Å². The van der Waals surface area contributed by atoms with Crippen molar-refractivity contribution < 1.29 is 36.2 Å². The summed E-state index contributed by atoms with van der Waals surface area (Å²) in [5, 5.41) is 9.12. The summed E-state index contributed by atoms with van der Waals surface area (Å²) < 4.78 is 60.7. The second-order valence-electron chi connectivity index (χ2n) is 7.55. The van der Waals surface area contributed by atoms with Crippen molar-refractivity contribution in [3.63, 3.8) is 0 Å². The Labute approximate surface area is 198 Å². The molecule has 0 heterocycles. The first-order chi connectivity index (χ1) is 16.0. The lowest BCUT2D eigenvalue weighted by atomic mass is 10.1. The first-order valence-corrected chi connectivity index (χ1v) is 13.7. The molecular formula is C24H24O8S2. The second kappa shape index (κ2) is 10.3. The fourth-order valence-corrected chi connectivity index (χ4v) is 5.05. The van der Waals surface area contributed by atoms with Gasteiger partial charge in [0.15, 0.2) is 9.84 Å². The van der Waals surface area contributed by atoms with E-state index < -0.39 is 25.6 Å². The fraction of sp³-hybridized carbons (Fsp3) is 0.208. The monoisotopic (exact) mass is 504 g/mol. The molecule has 0 amide bonds. The molecule has 0 aromatic heterocycles. The summed E-state index contributed by atoms with van der Waals surface area (Å²) in [4.78, 5) is 11.2. The van der Waals surface area contributed by atoms with Crippen LogP contribution in [-0.4, -0.2) is 40.8 Å². The lowest BCUT2D eigenvalue weighted by molar-refractivity contribution is -0.136. The number of carboxylic acids is 1. The maximum absolute atomic E-state index is 13.2. The molecule has 0 bridgehead atoms. The van der Waals surface area contributed by atoms with E-state index in [0.29, 0.717) is 30.1 Å². The van der Waals surface area contributed by atoms with Crippen molar-refractivity contribution in [2.24, 2.45) is 0 Å². The third-order valence-corrected chi connectivity index (χ3v) is 7.58. The van der Waals surface area contributed by atoms with Gasteiger partial charge in [0.1, 0.15) is 17.2 Å². The molecular weight excluding hydrogens is 480 g/mol. The van der Waals surface area contributed by atoms with Crippen molar-refractivity contribution in [3.05, 3.63) is 72.3 Å². The third kappa shape index (κ3) is 6.36. The molecule has 1 N–H and O–H groups in total. The Hall–Kier alpha value is -3.37. The van der Waals surface area contributed by atoms with Crippen LogP contribution in [0.2, 0.25) is 0 Å².